The molecule has 7 fully saturated rings. The van der Waals surface area contributed by atoms with Gasteiger partial charge in [-0.2, -0.15) is 0 Å². The van der Waals surface area contributed by atoms with E-state index in [1.54, 1.807) is 0 Å². The van der Waals surface area contributed by atoms with Gasteiger partial charge in [-0.1, -0.05) is 27.7 Å². The largest absolute Gasteiger partial charge is 0.394 e. The first-order valence-corrected chi connectivity index (χ1v) is 18.0. The van der Waals surface area contributed by atoms with Crippen LogP contribution < -0.4 is 0 Å². The summed E-state index contributed by atoms with van der Waals surface area (Å²) in [6.45, 7) is 14.5. The first-order valence-electron chi connectivity index (χ1n) is 18.0. The Morgan fingerprint density at radius 2 is 1.39 bits per heavy atom. The summed E-state index contributed by atoms with van der Waals surface area (Å²) >= 11 is 0. The third kappa shape index (κ3) is 4.18. The lowest BCUT2D eigenvalue weighted by molar-refractivity contribution is -0.331. The summed E-state index contributed by atoms with van der Waals surface area (Å²) in [4.78, 5) is 0. The molecule has 2 heterocycles. The standard InChI is InChI=1S/C36H60O10/c1-30(2)22(39)9-11-36-17-35(36)13-12-32(5)27(34(7)10-8-23(40)31(3,4)46-34)18(38)15-33(32,6)21(35)14-19(28(30)36)44-29-26(43)25(42)24(41)20(16-37)45-29/h18-29,37-43H,8-17H2,1-7H3/t18-,19-,20+,21-,22-,23-,24+,25-,26+,27-,28-,29+,32+,33-,34+,35-,36-/m0/s1. The smallest absolute Gasteiger partial charge is 0.186 e. The maximum Gasteiger partial charge on any atom is 0.186 e. The molecular formula is C36H60O10. The van der Waals surface area contributed by atoms with Gasteiger partial charge in [0.15, 0.2) is 6.29 Å². The van der Waals surface area contributed by atoms with Crippen LogP contribution in [0.2, 0.25) is 0 Å². The van der Waals surface area contributed by atoms with Crippen LogP contribution in [0.25, 0.3) is 0 Å². The molecule has 7 aliphatic rings. The summed E-state index contributed by atoms with van der Waals surface area (Å²) in [5.41, 5.74) is -2.30. The maximum atomic E-state index is 12.1. The summed E-state index contributed by atoms with van der Waals surface area (Å²) in [6.07, 6.45) is -1.59. The van der Waals surface area contributed by atoms with Gasteiger partial charge in [0, 0.05) is 5.92 Å². The molecule has 0 unspecified atom stereocenters. The van der Waals surface area contributed by atoms with Crippen molar-refractivity contribution in [3.05, 3.63) is 0 Å². The SMILES string of the molecule is CC1(C)O[C@@](C)([C@H]2[C@@H](O)C[C@@]3(C)[C@@H]4C[C@H](O[C@@H]5O[C@H](CO)[C@@H](O)[C@H](O)[C@H]5O)[C@H]5C(C)(C)[C@@H](O)CC[C@]56C[C@@]46CC[C@]23C)CC[C@@H]1O. The van der Waals surface area contributed by atoms with Gasteiger partial charge in [-0.25, -0.2) is 0 Å². The number of hydrogen-bond acceptors (Lipinski definition) is 10. The normalized spacial score (nSPS) is 60.4. The summed E-state index contributed by atoms with van der Waals surface area (Å²) in [5.74, 6) is 0.0567. The van der Waals surface area contributed by atoms with Crippen molar-refractivity contribution in [3.8, 4) is 0 Å². The quantitative estimate of drug-likeness (QED) is 0.224. The van der Waals surface area contributed by atoms with Crippen LogP contribution >= 0.6 is 0 Å². The third-order valence-corrected chi connectivity index (χ3v) is 16.0. The Morgan fingerprint density at radius 1 is 0.717 bits per heavy atom. The van der Waals surface area contributed by atoms with E-state index in [0.717, 1.165) is 25.7 Å². The average Bonchev–Trinajstić information content (AvgIpc) is 3.56. The molecule has 7 N–H and O–H groups in total. The average molecular weight is 653 g/mol. The molecule has 0 amide bonds. The Labute approximate surface area is 273 Å². The number of ether oxygens (including phenoxy) is 3. The van der Waals surface area contributed by atoms with Crippen molar-refractivity contribution in [1.29, 1.82) is 0 Å². The fourth-order valence-corrected chi connectivity index (χ4v) is 13.7. The van der Waals surface area contributed by atoms with E-state index in [4.69, 9.17) is 14.2 Å². The molecule has 7 rings (SSSR count). The first-order chi connectivity index (χ1) is 21.2. The maximum absolute atomic E-state index is 12.1. The van der Waals surface area contributed by atoms with Gasteiger partial charge in [0.25, 0.3) is 0 Å². The molecule has 10 heteroatoms. The molecule has 5 saturated carbocycles. The van der Waals surface area contributed by atoms with E-state index in [1.807, 2.05) is 13.8 Å². The Balaban J connectivity index is 1.27. The second-order valence-electron chi connectivity index (χ2n) is 18.7. The van der Waals surface area contributed by atoms with Crippen molar-refractivity contribution in [2.45, 2.75) is 173 Å². The van der Waals surface area contributed by atoms with E-state index < -0.39 is 78.3 Å². The molecule has 2 saturated heterocycles. The van der Waals surface area contributed by atoms with Crippen molar-refractivity contribution in [2.75, 3.05) is 6.61 Å². The second-order valence-corrected chi connectivity index (χ2v) is 18.7. The van der Waals surface area contributed by atoms with E-state index in [2.05, 4.69) is 34.6 Å². The lowest BCUT2D eigenvalue weighted by atomic mass is 9.41. The van der Waals surface area contributed by atoms with Crippen molar-refractivity contribution >= 4 is 0 Å². The van der Waals surface area contributed by atoms with Crippen LogP contribution in [0, 0.1) is 44.8 Å². The highest BCUT2D eigenvalue weighted by Gasteiger charge is 2.85. The van der Waals surface area contributed by atoms with Crippen LogP contribution in [0.15, 0.2) is 0 Å². The van der Waals surface area contributed by atoms with Gasteiger partial charge in [-0.15, -0.1) is 0 Å². The zero-order valence-electron chi connectivity index (χ0n) is 28.9. The summed E-state index contributed by atoms with van der Waals surface area (Å²) in [5, 5.41) is 76.1. The highest BCUT2D eigenvalue weighted by molar-refractivity contribution is 5.33. The minimum absolute atomic E-state index is 0.0241. The van der Waals surface area contributed by atoms with Crippen LogP contribution in [0.5, 0.6) is 0 Å². The number of rotatable bonds is 4. The molecule has 46 heavy (non-hydrogen) atoms. The van der Waals surface area contributed by atoms with Gasteiger partial charge in [-0.3, -0.25) is 0 Å². The second kappa shape index (κ2) is 10.3. The predicted octanol–water partition coefficient (Wildman–Crippen LogP) is 2.26. The zero-order valence-corrected chi connectivity index (χ0v) is 28.9. The van der Waals surface area contributed by atoms with Gasteiger partial charge in [0.2, 0.25) is 0 Å². The van der Waals surface area contributed by atoms with Gasteiger partial charge < -0.3 is 50.0 Å². The van der Waals surface area contributed by atoms with Gasteiger partial charge in [0.1, 0.15) is 24.4 Å². The van der Waals surface area contributed by atoms with Gasteiger partial charge in [-0.05, 0) is 117 Å². The van der Waals surface area contributed by atoms with Crippen LogP contribution in [-0.4, -0.2) is 109 Å². The Bertz CT molecular complexity index is 1210. The molecule has 264 valence electrons. The van der Waals surface area contributed by atoms with Crippen LogP contribution in [0.1, 0.15) is 106 Å². The molecule has 10 nitrogen and oxygen atoms in total. The van der Waals surface area contributed by atoms with E-state index in [-0.39, 0.29) is 39.4 Å². The monoisotopic (exact) mass is 652 g/mol. The van der Waals surface area contributed by atoms with E-state index >= 15 is 0 Å². The molecular weight excluding hydrogens is 592 g/mol. The van der Waals surface area contributed by atoms with Crippen molar-refractivity contribution in [1.82, 2.24) is 0 Å². The molecule has 2 aliphatic heterocycles. The van der Waals surface area contributed by atoms with Crippen LogP contribution in [0.3, 0.4) is 0 Å². The topological polar surface area (TPSA) is 169 Å². The molecule has 0 aromatic carbocycles. The van der Waals surface area contributed by atoms with E-state index in [9.17, 15) is 35.7 Å². The predicted molar refractivity (Wildman–Crippen MR) is 167 cm³/mol. The van der Waals surface area contributed by atoms with Crippen molar-refractivity contribution < 1.29 is 50.0 Å². The minimum Gasteiger partial charge on any atom is -0.394 e. The Kier molecular flexibility index (Phi) is 7.65. The molecule has 5 aliphatic carbocycles. The number of hydrogen-bond donors (Lipinski definition) is 7. The highest BCUT2D eigenvalue weighted by Crippen LogP contribution is 2.89. The van der Waals surface area contributed by atoms with E-state index in [0.29, 0.717) is 32.1 Å². The lowest BCUT2D eigenvalue weighted by Crippen LogP contribution is -2.65. The first kappa shape index (κ1) is 34.1. The zero-order chi connectivity index (χ0) is 33.6. The fraction of sp³-hybridized carbons (Fsp3) is 1.00. The Morgan fingerprint density at radius 3 is 2.04 bits per heavy atom. The lowest BCUT2D eigenvalue weighted by Gasteiger charge is -2.65. The molecule has 0 aromatic rings. The Hall–Kier alpha value is -0.400. The fourth-order valence-electron chi connectivity index (χ4n) is 13.7. The highest BCUT2D eigenvalue weighted by atomic mass is 16.7. The molecule has 0 radical (unpaired) electrons. The van der Waals surface area contributed by atoms with Crippen LogP contribution in [0.4, 0.5) is 0 Å². The molecule has 2 spiro atoms. The van der Waals surface area contributed by atoms with Crippen molar-refractivity contribution in [2.24, 2.45) is 44.8 Å². The third-order valence-electron chi connectivity index (χ3n) is 16.0. The molecule has 17 atom stereocenters. The number of aliphatic hydroxyl groups is 7. The summed E-state index contributed by atoms with van der Waals surface area (Å²) in [6, 6.07) is 0. The molecule has 0 aromatic heterocycles. The minimum atomic E-state index is -1.53. The van der Waals surface area contributed by atoms with Gasteiger partial charge >= 0.3 is 0 Å². The van der Waals surface area contributed by atoms with E-state index in [1.165, 1.54) is 0 Å². The summed E-state index contributed by atoms with van der Waals surface area (Å²) in [7, 11) is 0. The number of fused-ring (bicyclic) bond motifs is 2. The number of aliphatic hydroxyl groups excluding tert-OH is 7. The van der Waals surface area contributed by atoms with Gasteiger partial charge in [0.05, 0.1) is 42.2 Å². The molecule has 0 bridgehead atoms. The van der Waals surface area contributed by atoms with Crippen molar-refractivity contribution in [3.63, 3.8) is 0 Å². The van der Waals surface area contributed by atoms with Crippen LogP contribution in [-0.2, 0) is 14.2 Å². The summed E-state index contributed by atoms with van der Waals surface area (Å²) < 4.78 is 19.4.